The van der Waals surface area contributed by atoms with Gasteiger partial charge in [0, 0.05) is 12.1 Å². The Hall–Kier alpha value is -2.27. The minimum Gasteiger partial charge on any atom is -0.491 e. The maximum Gasteiger partial charge on any atom is 0.251 e. The number of aryl methyl sites for hydroxylation is 1. The highest BCUT2D eigenvalue weighted by molar-refractivity contribution is 5.94. The quantitative estimate of drug-likeness (QED) is 0.759. The van der Waals surface area contributed by atoms with Gasteiger partial charge in [0.15, 0.2) is 0 Å². The zero-order valence-corrected chi connectivity index (χ0v) is 17.4. The van der Waals surface area contributed by atoms with Crippen molar-refractivity contribution in [1.29, 1.82) is 0 Å². The average Bonchev–Trinajstić information content (AvgIpc) is 3.09. The number of benzene rings is 1. The predicted molar refractivity (Wildman–Crippen MR) is 111 cm³/mol. The van der Waals surface area contributed by atoms with Crippen LogP contribution in [0.5, 0.6) is 5.75 Å². The number of carbonyl (C=O) groups excluding carboxylic acids is 1. The lowest BCUT2D eigenvalue weighted by molar-refractivity contribution is 0.0895. The summed E-state index contributed by atoms with van der Waals surface area (Å²) in [5, 5.41) is 3.09. The van der Waals surface area contributed by atoms with Gasteiger partial charge in [-0.05, 0) is 89.0 Å². The van der Waals surface area contributed by atoms with E-state index in [1.807, 2.05) is 57.2 Å². The van der Waals surface area contributed by atoms with Gasteiger partial charge in [0.2, 0.25) is 0 Å². The fraction of sp³-hybridized carbons (Fsp3) is 0.522. The molecule has 1 atom stereocenters. The van der Waals surface area contributed by atoms with Crippen LogP contribution in [0, 0.1) is 12.8 Å². The Labute approximate surface area is 168 Å². The van der Waals surface area contributed by atoms with Gasteiger partial charge in [0.1, 0.15) is 17.3 Å². The zero-order chi connectivity index (χ0) is 20.1. The van der Waals surface area contributed by atoms with Crippen LogP contribution in [0.15, 0.2) is 40.8 Å². The minimum atomic E-state index is -0.0743. The maximum atomic E-state index is 12.7. The fourth-order valence-electron chi connectivity index (χ4n) is 3.63. The minimum absolute atomic E-state index is 0.0636. The molecule has 152 valence electrons. The van der Waals surface area contributed by atoms with E-state index in [4.69, 9.17) is 9.15 Å². The summed E-state index contributed by atoms with van der Waals surface area (Å²) in [4.78, 5) is 15.1. The summed E-state index contributed by atoms with van der Waals surface area (Å²) >= 11 is 0. The molecule has 1 amide bonds. The van der Waals surface area contributed by atoms with Gasteiger partial charge in [-0.2, -0.15) is 0 Å². The second-order valence-corrected chi connectivity index (χ2v) is 8.08. The van der Waals surface area contributed by atoms with Gasteiger partial charge < -0.3 is 14.5 Å². The molecule has 1 fully saturated rings. The first-order valence-electron chi connectivity index (χ1n) is 10.3. The average molecular weight is 385 g/mol. The van der Waals surface area contributed by atoms with Crippen LogP contribution in [0.25, 0.3) is 0 Å². The van der Waals surface area contributed by atoms with Crippen molar-refractivity contribution in [2.45, 2.75) is 52.7 Å². The molecule has 1 aliphatic rings. The van der Waals surface area contributed by atoms with Gasteiger partial charge in [-0.3, -0.25) is 9.69 Å². The lowest BCUT2D eigenvalue weighted by Crippen LogP contribution is -2.41. The molecule has 0 spiro atoms. The van der Waals surface area contributed by atoms with E-state index in [0.29, 0.717) is 12.1 Å². The molecule has 2 heterocycles. The van der Waals surface area contributed by atoms with E-state index in [9.17, 15) is 4.79 Å². The van der Waals surface area contributed by atoms with Crippen molar-refractivity contribution in [1.82, 2.24) is 10.2 Å². The second-order valence-electron chi connectivity index (χ2n) is 8.08. The van der Waals surface area contributed by atoms with Crippen LogP contribution in [-0.4, -0.2) is 36.5 Å². The maximum absolute atomic E-state index is 12.7. The normalized spacial score (nSPS) is 16.9. The van der Waals surface area contributed by atoms with Crippen LogP contribution >= 0.6 is 0 Å². The van der Waals surface area contributed by atoms with Crippen molar-refractivity contribution in [2.75, 3.05) is 19.6 Å². The fourth-order valence-corrected chi connectivity index (χ4v) is 3.63. The molecule has 1 N–H and O–H groups in total. The molecule has 0 radical (unpaired) electrons. The highest BCUT2D eigenvalue weighted by Gasteiger charge is 2.27. The molecule has 0 saturated carbocycles. The molecule has 1 unspecified atom stereocenters. The van der Waals surface area contributed by atoms with Crippen LogP contribution in [0.4, 0.5) is 0 Å². The molecule has 2 aromatic rings. The molecule has 1 aromatic carbocycles. The second kappa shape index (κ2) is 9.28. The van der Waals surface area contributed by atoms with E-state index in [1.165, 1.54) is 12.8 Å². The number of hydrogen-bond acceptors (Lipinski definition) is 4. The van der Waals surface area contributed by atoms with Gasteiger partial charge in [0.05, 0.1) is 12.1 Å². The molecule has 28 heavy (non-hydrogen) atoms. The smallest absolute Gasteiger partial charge is 0.251 e. The van der Waals surface area contributed by atoms with E-state index in [-0.39, 0.29) is 18.1 Å². The van der Waals surface area contributed by atoms with Gasteiger partial charge in [-0.15, -0.1) is 0 Å². The number of furan rings is 1. The Balaban J connectivity index is 1.65. The molecule has 1 aliphatic heterocycles. The van der Waals surface area contributed by atoms with Crippen molar-refractivity contribution in [3.05, 3.63) is 53.5 Å². The first-order chi connectivity index (χ1) is 13.4. The van der Waals surface area contributed by atoms with Gasteiger partial charge in [-0.1, -0.05) is 6.92 Å². The van der Waals surface area contributed by atoms with Gasteiger partial charge in [-0.25, -0.2) is 0 Å². The van der Waals surface area contributed by atoms with Gasteiger partial charge in [0.25, 0.3) is 5.91 Å². The number of rotatable bonds is 7. The summed E-state index contributed by atoms with van der Waals surface area (Å²) in [5.74, 6) is 3.29. The molecule has 5 nitrogen and oxygen atoms in total. The first kappa shape index (κ1) is 20.5. The van der Waals surface area contributed by atoms with Crippen molar-refractivity contribution >= 4 is 5.91 Å². The van der Waals surface area contributed by atoms with E-state index >= 15 is 0 Å². The Morgan fingerprint density at radius 3 is 2.43 bits per heavy atom. The molecule has 5 heteroatoms. The summed E-state index contributed by atoms with van der Waals surface area (Å²) in [5.41, 5.74) is 0.637. The molecule has 1 saturated heterocycles. The summed E-state index contributed by atoms with van der Waals surface area (Å²) in [6.45, 7) is 10.8. The summed E-state index contributed by atoms with van der Waals surface area (Å²) < 4.78 is 11.6. The highest BCUT2D eigenvalue weighted by Crippen LogP contribution is 2.27. The van der Waals surface area contributed by atoms with Crippen molar-refractivity contribution in [3.8, 4) is 5.75 Å². The molecule has 0 aliphatic carbocycles. The largest absolute Gasteiger partial charge is 0.491 e. The number of carbonyl (C=O) groups is 1. The van der Waals surface area contributed by atoms with E-state index < -0.39 is 0 Å². The number of amides is 1. The lowest BCUT2D eigenvalue weighted by atomic mass is 9.97. The summed E-state index contributed by atoms with van der Waals surface area (Å²) in [7, 11) is 0. The topological polar surface area (TPSA) is 54.7 Å². The Kier molecular flexibility index (Phi) is 6.79. The third kappa shape index (κ3) is 5.38. The predicted octanol–water partition coefficient (Wildman–Crippen LogP) is 4.58. The number of nitrogens with zero attached hydrogens (tertiary/aromatic N) is 1. The van der Waals surface area contributed by atoms with Crippen molar-refractivity contribution in [3.63, 3.8) is 0 Å². The van der Waals surface area contributed by atoms with E-state index in [2.05, 4.69) is 17.1 Å². The Morgan fingerprint density at radius 1 is 1.18 bits per heavy atom. The number of piperidine rings is 1. The van der Waals surface area contributed by atoms with E-state index in [0.717, 1.165) is 36.3 Å². The molecule has 1 aromatic heterocycles. The van der Waals surface area contributed by atoms with Crippen molar-refractivity contribution in [2.24, 2.45) is 5.92 Å². The Bertz CT molecular complexity index is 758. The zero-order valence-electron chi connectivity index (χ0n) is 17.4. The molecule has 0 bridgehead atoms. The number of likely N-dealkylation sites (tertiary alicyclic amines) is 1. The molecule has 3 rings (SSSR count). The standard InChI is InChI=1S/C23H32N2O3/c1-16(2)27-20-8-6-19(7-9-20)23(26)24-15-21(22-10-5-18(4)28-22)25-13-11-17(3)12-14-25/h5-10,16-17,21H,11-15H2,1-4H3,(H,24,26). The lowest BCUT2D eigenvalue weighted by Gasteiger charge is -2.35. The van der Waals surface area contributed by atoms with Crippen LogP contribution in [0.3, 0.4) is 0 Å². The van der Waals surface area contributed by atoms with Gasteiger partial charge >= 0.3 is 0 Å². The third-order valence-electron chi connectivity index (χ3n) is 5.29. The summed E-state index contributed by atoms with van der Waals surface area (Å²) in [6, 6.07) is 11.4. The van der Waals surface area contributed by atoms with Crippen molar-refractivity contribution < 1.29 is 13.9 Å². The molecular formula is C23H32N2O3. The van der Waals surface area contributed by atoms with E-state index in [1.54, 1.807) is 0 Å². The van der Waals surface area contributed by atoms with Crippen LogP contribution in [0.2, 0.25) is 0 Å². The first-order valence-corrected chi connectivity index (χ1v) is 10.3. The van der Waals surface area contributed by atoms with Crippen LogP contribution in [0.1, 0.15) is 61.5 Å². The van der Waals surface area contributed by atoms with Crippen LogP contribution in [-0.2, 0) is 0 Å². The molecular weight excluding hydrogens is 352 g/mol. The van der Waals surface area contributed by atoms with Crippen LogP contribution < -0.4 is 10.1 Å². The SMILES string of the molecule is Cc1ccc(C(CNC(=O)c2ccc(OC(C)C)cc2)N2CCC(C)CC2)o1. The number of nitrogens with one attached hydrogen (secondary N) is 1. The Morgan fingerprint density at radius 2 is 1.86 bits per heavy atom. The third-order valence-corrected chi connectivity index (χ3v) is 5.29. The number of hydrogen-bond donors (Lipinski definition) is 1. The highest BCUT2D eigenvalue weighted by atomic mass is 16.5. The summed E-state index contributed by atoms with van der Waals surface area (Å²) in [6.07, 6.45) is 2.48. The monoisotopic (exact) mass is 384 g/mol. The number of ether oxygens (including phenoxy) is 1.